The molecule has 0 spiro atoms. The van der Waals surface area contributed by atoms with E-state index in [0.29, 0.717) is 12.1 Å². The van der Waals surface area contributed by atoms with Crippen LogP contribution in [0.3, 0.4) is 0 Å². The number of methoxy groups -OCH3 is 1. The van der Waals surface area contributed by atoms with Crippen molar-refractivity contribution in [2.24, 2.45) is 0 Å². The lowest BCUT2D eigenvalue weighted by Crippen LogP contribution is -2.32. The number of para-hydroxylation sites is 2. The second kappa shape index (κ2) is 10.1. The largest absolute Gasteiger partial charge is 0.497 e. The third kappa shape index (κ3) is 4.97. The molecule has 154 valence electrons. The van der Waals surface area contributed by atoms with Gasteiger partial charge in [0.15, 0.2) is 0 Å². The van der Waals surface area contributed by atoms with Crippen LogP contribution in [0.4, 0.5) is 0 Å². The molecule has 0 aliphatic carbocycles. The number of rotatable bonds is 10. The number of benzene rings is 2. The van der Waals surface area contributed by atoms with Gasteiger partial charge in [0.05, 0.1) is 24.7 Å². The lowest BCUT2D eigenvalue weighted by atomic mass is 10.1. The number of carbonyl (C=O) groups is 1. The van der Waals surface area contributed by atoms with Crippen molar-refractivity contribution in [3.8, 4) is 5.75 Å². The Labute approximate surface area is 173 Å². The van der Waals surface area contributed by atoms with E-state index >= 15 is 0 Å². The molecule has 0 fully saturated rings. The fourth-order valence-electron chi connectivity index (χ4n) is 3.50. The summed E-state index contributed by atoms with van der Waals surface area (Å²) in [6.45, 7) is 6.50. The molecule has 0 aliphatic rings. The Balaban J connectivity index is 1.90. The SMILES string of the molecule is CCCCN(Cc1nc2ccccc2n1CCCC)C(=O)c1ccc(OC)cc1. The molecule has 5 nitrogen and oxygen atoms in total. The minimum absolute atomic E-state index is 0.0372. The predicted molar refractivity (Wildman–Crippen MR) is 117 cm³/mol. The van der Waals surface area contributed by atoms with Crippen LogP contribution in [0.15, 0.2) is 48.5 Å². The monoisotopic (exact) mass is 393 g/mol. The first kappa shape index (κ1) is 20.9. The van der Waals surface area contributed by atoms with Gasteiger partial charge in [-0.3, -0.25) is 4.79 Å². The van der Waals surface area contributed by atoms with Crippen LogP contribution in [0, 0.1) is 0 Å². The summed E-state index contributed by atoms with van der Waals surface area (Å²) < 4.78 is 7.50. The summed E-state index contributed by atoms with van der Waals surface area (Å²) in [6, 6.07) is 15.6. The maximum absolute atomic E-state index is 13.2. The number of aromatic nitrogens is 2. The van der Waals surface area contributed by atoms with Gasteiger partial charge in [-0.2, -0.15) is 0 Å². The number of imidazole rings is 1. The van der Waals surface area contributed by atoms with Crippen LogP contribution >= 0.6 is 0 Å². The van der Waals surface area contributed by atoms with Crippen molar-refractivity contribution in [2.45, 2.75) is 52.6 Å². The fraction of sp³-hybridized carbons (Fsp3) is 0.417. The van der Waals surface area contributed by atoms with E-state index in [0.717, 1.165) is 61.4 Å². The van der Waals surface area contributed by atoms with Gasteiger partial charge in [-0.05, 0) is 49.2 Å². The lowest BCUT2D eigenvalue weighted by molar-refractivity contribution is 0.0734. The molecule has 0 unspecified atom stereocenters. The highest BCUT2D eigenvalue weighted by molar-refractivity contribution is 5.94. The van der Waals surface area contributed by atoms with E-state index in [2.05, 4.69) is 24.5 Å². The topological polar surface area (TPSA) is 47.4 Å². The average Bonchev–Trinajstić information content (AvgIpc) is 3.11. The van der Waals surface area contributed by atoms with Crippen LogP contribution in [0.5, 0.6) is 5.75 Å². The molecule has 0 saturated carbocycles. The van der Waals surface area contributed by atoms with E-state index in [-0.39, 0.29) is 5.91 Å². The van der Waals surface area contributed by atoms with Crippen molar-refractivity contribution >= 4 is 16.9 Å². The van der Waals surface area contributed by atoms with Gasteiger partial charge >= 0.3 is 0 Å². The van der Waals surface area contributed by atoms with Crippen molar-refractivity contribution in [3.63, 3.8) is 0 Å². The standard InChI is InChI=1S/C24H31N3O2/c1-4-6-16-26(24(28)19-12-14-20(29-3)15-13-19)18-23-25-21-10-8-9-11-22(21)27(23)17-7-5-2/h8-15H,4-7,16-18H2,1-3H3. The Morgan fingerprint density at radius 2 is 1.76 bits per heavy atom. The molecule has 1 amide bonds. The number of unbranched alkanes of at least 4 members (excludes halogenated alkanes) is 2. The van der Waals surface area contributed by atoms with Crippen LogP contribution in [-0.4, -0.2) is 34.0 Å². The van der Waals surface area contributed by atoms with Crippen molar-refractivity contribution in [2.75, 3.05) is 13.7 Å². The summed E-state index contributed by atoms with van der Waals surface area (Å²) >= 11 is 0. The highest BCUT2D eigenvalue weighted by Gasteiger charge is 2.19. The summed E-state index contributed by atoms with van der Waals surface area (Å²) in [5.74, 6) is 1.75. The Hall–Kier alpha value is -2.82. The molecule has 0 saturated heterocycles. The molecule has 1 aromatic heterocycles. The number of fused-ring (bicyclic) bond motifs is 1. The summed E-state index contributed by atoms with van der Waals surface area (Å²) in [5.41, 5.74) is 2.81. The van der Waals surface area contributed by atoms with Gasteiger partial charge in [0.25, 0.3) is 5.91 Å². The smallest absolute Gasteiger partial charge is 0.254 e. The van der Waals surface area contributed by atoms with Crippen molar-refractivity contribution in [1.29, 1.82) is 0 Å². The number of ether oxygens (including phenoxy) is 1. The number of nitrogens with zero attached hydrogens (tertiary/aromatic N) is 3. The van der Waals surface area contributed by atoms with E-state index in [9.17, 15) is 4.79 Å². The van der Waals surface area contributed by atoms with Crippen molar-refractivity contribution < 1.29 is 9.53 Å². The molecule has 3 aromatic rings. The minimum atomic E-state index is 0.0372. The van der Waals surface area contributed by atoms with E-state index in [1.54, 1.807) is 7.11 Å². The molecule has 0 aliphatic heterocycles. The first-order valence-corrected chi connectivity index (χ1v) is 10.5. The van der Waals surface area contributed by atoms with E-state index < -0.39 is 0 Å². The highest BCUT2D eigenvalue weighted by atomic mass is 16.5. The summed E-state index contributed by atoms with van der Waals surface area (Å²) in [7, 11) is 1.63. The van der Waals surface area contributed by atoms with Gasteiger partial charge in [-0.1, -0.05) is 38.8 Å². The maximum atomic E-state index is 13.2. The molecule has 0 atom stereocenters. The van der Waals surface area contributed by atoms with E-state index in [1.807, 2.05) is 47.4 Å². The first-order valence-electron chi connectivity index (χ1n) is 10.5. The van der Waals surface area contributed by atoms with Gasteiger partial charge in [0.2, 0.25) is 0 Å². The van der Waals surface area contributed by atoms with Crippen molar-refractivity contribution in [3.05, 3.63) is 59.9 Å². The second-order valence-electron chi connectivity index (χ2n) is 7.33. The van der Waals surface area contributed by atoms with Crippen LogP contribution in [-0.2, 0) is 13.1 Å². The Morgan fingerprint density at radius 3 is 2.45 bits per heavy atom. The van der Waals surface area contributed by atoms with Crippen LogP contribution < -0.4 is 4.74 Å². The second-order valence-corrected chi connectivity index (χ2v) is 7.33. The van der Waals surface area contributed by atoms with Crippen LogP contribution in [0.25, 0.3) is 11.0 Å². The molecule has 0 radical (unpaired) electrons. The molecule has 29 heavy (non-hydrogen) atoms. The van der Waals surface area contributed by atoms with Gasteiger partial charge in [-0.25, -0.2) is 4.98 Å². The summed E-state index contributed by atoms with van der Waals surface area (Å²) in [6.07, 6.45) is 4.22. The summed E-state index contributed by atoms with van der Waals surface area (Å²) in [4.78, 5) is 20.0. The van der Waals surface area contributed by atoms with Gasteiger partial charge in [0.1, 0.15) is 11.6 Å². The molecule has 2 aromatic carbocycles. The molecule has 0 N–H and O–H groups in total. The number of hydrogen-bond donors (Lipinski definition) is 0. The third-order valence-corrected chi connectivity index (χ3v) is 5.21. The zero-order chi connectivity index (χ0) is 20.6. The number of amides is 1. The third-order valence-electron chi connectivity index (χ3n) is 5.21. The average molecular weight is 394 g/mol. The Morgan fingerprint density at radius 1 is 1.03 bits per heavy atom. The first-order chi connectivity index (χ1) is 14.2. The van der Waals surface area contributed by atoms with Gasteiger partial charge in [-0.15, -0.1) is 0 Å². The molecular weight excluding hydrogens is 362 g/mol. The Kier molecular flexibility index (Phi) is 7.28. The normalized spacial score (nSPS) is 11.0. The maximum Gasteiger partial charge on any atom is 0.254 e. The molecule has 5 heteroatoms. The molecule has 3 rings (SSSR count). The van der Waals surface area contributed by atoms with Gasteiger partial charge < -0.3 is 14.2 Å². The van der Waals surface area contributed by atoms with Crippen molar-refractivity contribution in [1.82, 2.24) is 14.5 Å². The van der Waals surface area contributed by atoms with Crippen LogP contribution in [0.2, 0.25) is 0 Å². The fourth-order valence-corrected chi connectivity index (χ4v) is 3.50. The minimum Gasteiger partial charge on any atom is -0.497 e. The molecule has 0 bridgehead atoms. The number of carbonyl (C=O) groups excluding carboxylic acids is 1. The highest BCUT2D eigenvalue weighted by Crippen LogP contribution is 2.20. The lowest BCUT2D eigenvalue weighted by Gasteiger charge is -2.23. The Bertz CT molecular complexity index is 931. The molecule has 1 heterocycles. The number of hydrogen-bond acceptors (Lipinski definition) is 3. The quantitative estimate of drug-likeness (QED) is 0.470. The van der Waals surface area contributed by atoms with E-state index in [1.165, 1.54) is 0 Å². The zero-order valence-corrected chi connectivity index (χ0v) is 17.7. The number of aryl methyl sites for hydroxylation is 1. The summed E-state index contributed by atoms with van der Waals surface area (Å²) in [5, 5.41) is 0. The van der Waals surface area contributed by atoms with E-state index in [4.69, 9.17) is 9.72 Å². The van der Waals surface area contributed by atoms with Gasteiger partial charge in [0, 0.05) is 18.7 Å². The zero-order valence-electron chi connectivity index (χ0n) is 17.7. The van der Waals surface area contributed by atoms with Crippen LogP contribution in [0.1, 0.15) is 55.7 Å². The predicted octanol–water partition coefficient (Wildman–Crippen LogP) is 5.29. The molecular formula is C24H31N3O2.